The quantitative estimate of drug-likeness (QED) is 0.534. The lowest BCUT2D eigenvalue weighted by Crippen LogP contribution is -2.30. The summed E-state index contributed by atoms with van der Waals surface area (Å²) in [6.07, 6.45) is 0. The van der Waals surface area contributed by atoms with Crippen LogP contribution in [0.15, 0.2) is 57.2 Å². The molecule has 0 saturated heterocycles. The lowest BCUT2D eigenvalue weighted by atomic mass is 10.2. The summed E-state index contributed by atoms with van der Waals surface area (Å²) in [6.45, 7) is 6.05. The van der Waals surface area contributed by atoms with Crippen LogP contribution in [0.4, 0.5) is 5.69 Å². The number of benzene rings is 2. The third-order valence-electron chi connectivity index (χ3n) is 3.72. The zero-order valence-electron chi connectivity index (χ0n) is 14.3. The molecule has 0 unspecified atom stereocenters. The van der Waals surface area contributed by atoms with E-state index in [1.165, 1.54) is 28.2 Å². The Hall–Kier alpha value is -1.90. The first-order valence-electron chi connectivity index (χ1n) is 7.82. The van der Waals surface area contributed by atoms with Gasteiger partial charge in [-0.25, -0.2) is 8.42 Å². The van der Waals surface area contributed by atoms with Gasteiger partial charge in [-0.2, -0.15) is 4.31 Å². The smallest absolute Gasteiger partial charge is 0.258 e. The van der Waals surface area contributed by atoms with Gasteiger partial charge >= 0.3 is 0 Å². The number of nitro groups is 1. The van der Waals surface area contributed by atoms with Gasteiger partial charge in [0.05, 0.1) is 14.7 Å². The molecule has 2 aromatic carbocycles. The van der Waals surface area contributed by atoms with Gasteiger partial charge in [-0.05, 0) is 31.2 Å². The van der Waals surface area contributed by atoms with Crippen LogP contribution >= 0.6 is 11.8 Å². The van der Waals surface area contributed by atoms with Gasteiger partial charge in [0.2, 0.25) is 10.0 Å². The summed E-state index contributed by atoms with van der Waals surface area (Å²) >= 11 is 1.24. The SMILES string of the molecule is CCN(CC)S(=O)(=O)c1ccc(Sc2ccc(C)cc2)c([N+](=O)[O-])c1. The highest BCUT2D eigenvalue weighted by Crippen LogP contribution is 2.36. The van der Waals surface area contributed by atoms with Gasteiger partial charge in [-0.1, -0.05) is 43.3 Å². The van der Waals surface area contributed by atoms with Crippen molar-refractivity contribution in [1.29, 1.82) is 0 Å². The maximum Gasteiger partial charge on any atom is 0.284 e. The molecule has 0 saturated carbocycles. The fourth-order valence-electron chi connectivity index (χ4n) is 2.33. The maximum atomic E-state index is 12.6. The van der Waals surface area contributed by atoms with E-state index in [2.05, 4.69) is 0 Å². The molecule has 2 rings (SSSR count). The van der Waals surface area contributed by atoms with Gasteiger partial charge in [0.15, 0.2) is 0 Å². The Balaban J connectivity index is 2.44. The van der Waals surface area contributed by atoms with Crippen molar-refractivity contribution >= 4 is 27.5 Å². The van der Waals surface area contributed by atoms with Gasteiger partial charge in [0.25, 0.3) is 5.69 Å². The molecule has 0 aliphatic heterocycles. The Labute approximate surface area is 152 Å². The monoisotopic (exact) mass is 380 g/mol. The molecule has 0 aliphatic carbocycles. The summed E-state index contributed by atoms with van der Waals surface area (Å²) < 4.78 is 26.4. The highest BCUT2D eigenvalue weighted by molar-refractivity contribution is 7.99. The van der Waals surface area contributed by atoms with Crippen LogP contribution in [0.25, 0.3) is 0 Å². The fraction of sp³-hybridized carbons (Fsp3) is 0.294. The second kappa shape index (κ2) is 7.99. The molecule has 25 heavy (non-hydrogen) atoms. The summed E-state index contributed by atoms with van der Waals surface area (Å²) in [7, 11) is -3.73. The Morgan fingerprint density at radius 3 is 2.20 bits per heavy atom. The first-order valence-corrected chi connectivity index (χ1v) is 10.1. The van der Waals surface area contributed by atoms with Crippen LogP contribution in [0.3, 0.4) is 0 Å². The van der Waals surface area contributed by atoms with E-state index in [0.29, 0.717) is 18.0 Å². The molecule has 0 radical (unpaired) electrons. The van der Waals surface area contributed by atoms with Crippen molar-refractivity contribution in [3.8, 4) is 0 Å². The van der Waals surface area contributed by atoms with Crippen molar-refractivity contribution in [2.75, 3.05) is 13.1 Å². The minimum Gasteiger partial charge on any atom is -0.258 e. The normalized spacial score (nSPS) is 11.7. The second-order valence-corrected chi connectivity index (χ2v) is 8.44. The predicted octanol–water partition coefficient (Wildman–Crippen LogP) is 4.08. The summed E-state index contributed by atoms with van der Waals surface area (Å²) in [5.41, 5.74) is 0.887. The average Bonchev–Trinajstić information content (AvgIpc) is 2.57. The molecular weight excluding hydrogens is 360 g/mol. The van der Waals surface area contributed by atoms with Crippen molar-refractivity contribution in [1.82, 2.24) is 4.31 Å². The van der Waals surface area contributed by atoms with Gasteiger partial charge < -0.3 is 0 Å². The molecule has 0 heterocycles. The minimum atomic E-state index is -3.73. The molecule has 0 bridgehead atoms. The molecule has 134 valence electrons. The van der Waals surface area contributed by atoms with E-state index < -0.39 is 14.9 Å². The number of hydrogen-bond donors (Lipinski definition) is 0. The Morgan fingerprint density at radius 1 is 1.08 bits per heavy atom. The standard InChI is InChI=1S/C17H20N2O4S2/c1-4-18(5-2)25(22,23)15-10-11-17(16(12-15)19(20)21)24-14-8-6-13(3)7-9-14/h6-12H,4-5H2,1-3H3. The first kappa shape index (κ1) is 19.4. The average molecular weight is 380 g/mol. The van der Waals surface area contributed by atoms with Crippen LogP contribution in [-0.4, -0.2) is 30.7 Å². The molecule has 0 amide bonds. The topological polar surface area (TPSA) is 80.5 Å². The number of aryl methyl sites for hydroxylation is 1. The van der Waals surface area contributed by atoms with E-state index in [-0.39, 0.29) is 10.6 Å². The first-order chi connectivity index (χ1) is 11.8. The van der Waals surface area contributed by atoms with Crippen molar-refractivity contribution in [3.05, 3.63) is 58.1 Å². The molecule has 0 fully saturated rings. The van der Waals surface area contributed by atoms with Gasteiger partial charge in [0.1, 0.15) is 0 Å². The van der Waals surface area contributed by atoms with Gasteiger partial charge in [-0.3, -0.25) is 10.1 Å². The third kappa shape index (κ3) is 4.39. The number of nitro benzene ring substituents is 1. The van der Waals surface area contributed by atoms with E-state index in [4.69, 9.17) is 0 Å². The molecule has 6 nitrogen and oxygen atoms in total. The van der Waals surface area contributed by atoms with Crippen LogP contribution in [-0.2, 0) is 10.0 Å². The summed E-state index contributed by atoms with van der Waals surface area (Å²) in [6, 6.07) is 11.7. The minimum absolute atomic E-state index is 0.0591. The number of hydrogen-bond acceptors (Lipinski definition) is 5. The van der Waals surface area contributed by atoms with Crippen molar-refractivity contribution in [3.63, 3.8) is 0 Å². The molecule has 0 atom stereocenters. The zero-order valence-corrected chi connectivity index (χ0v) is 15.9. The molecule has 0 spiro atoms. The lowest BCUT2D eigenvalue weighted by molar-refractivity contribution is -0.388. The highest BCUT2D eigenvalue weighted by Gasteiger charge is 2.25. The maximum absolute atomic E-state index is 12.6. The lowest BCUT2D eigenvalue weighted by Gasteiger charge is -2.18. The van der Waals surface area contributed by atoms with E-state index in [0.717, 1.165) is 16.5 Å². The fourth-order valence-corrected chi connectivity index (χ4v) is 4.71. The Bertz CT molecular complexity index is 861. The van der Waals surface area contributed by atoms with E-state index in [1.807, 2.05) is 31.2 Å². The molecule has 0 N–H and O–H groups in total. The molecular formula is C17H20N2O4S2. The number of nitrogens with zero attached hydrogens (tertiary/aromatic N) is 2. The van der Waals surface area contributed by atoms with Crippen LogP contribution in [0.5, 0.6) is 0 Å². The van der Waals surface area contributed by atoms with E-state index in [1.54, 1.807) is 13.8 Å². The zero-order chi connectivity index (χ0) is 18.6. The third-order valence-corrected chi connectivity index (χ3v) is 6.84. The Kier molecular flexibility index (Phi) is 6.21. The van der Waals surface area contributed by atoms with Crippen molar-refractivity contribution in [2.24, 2.45) is 0 Å². The van der Waals surface area contributed by atoms with Gasteiger partial charge in [-0.15, -0.1) is 0 Å². The molecule has 8 heteroatoms. The highest BCUT2D eigenvalue weighted by atomic mass is 32.2. The van der Waals surface area contributed by atoms with Crippen molar-refractivity contribution in [2.45, 2.75) is 35.5 Å². The van der Waals surface area contributed by atoms with E-state index >= 15 is 0 Å². The predicted molar refractivity (Wildman–Crippen MR) is 98.5 cm³/mol. The number of sulfonamides is 1. The summed E-state index contributed by atoms with van der Waals surface area (Å²) in [4.78, 5) is 12.1. The van der Waals surface area contributed by atoms with Crippen molar-refractivity contribution < 1.29 is 13.3 Å². The van der Waals surface area contributed by atoms with E-state index in [9.17, 15) is 18.5 Å². The largest absolute Gasteiger partial charge is 0.284 e. The van der Waals surface area contributed by atoms with Crippen LogP contribution in [0.2, 0.25) is 0 Å². The van der Waals surface area contributed by atoms with Gasteiger partial charge in [0, 0.05) is 24.1 Å². The van der Waals surface area contributed by atoms with Crippen LogP contribution in [0.1, 0.15) is 19.4 Å². The molecule has 0 aromatic heterocycles. The van der Waals surface area contributed by atoms with Crippen LogP contribution in [0, 0.1) is 17.0 Å². The van der Waals surface area contributed by atoms with Crippen LogP contribution < -0.4 is 0 Å². The number of rotatable bonds is 7. The molecule has 2 aromatic rings. The molecule has 0 aliphatic rings. The Morgan fingerprint density at radius 2 is 1.68 bits per heavy atom. The summed E-state index contributed by atoms with van der Waals surface area (Å²) in [5, 5.41) is 11.4. The summed E-state index contributed by atoms with van der Waals surface area (Å²) in [5.74, 6) is 0. The second-order valence-electron chi connectivity index (χ2n) is 5.39.